The van der Waals surface area contributed by atoms with Crippen LogP contribution < -0.4 is 10.6 Å². The first kappa shape index (κ1) is 21.2. The van der Waals surface area contributed by atoms with Crippen molar-refractivity contribution in [3.8, 4) is 5.75 Å². The van der Waals surface area contributed by atoms with Crippen LogP contribution in [-0.2, 0) is 14.6 Å². The van der Waals surface area contributed by atoms with Crippen LogP contribution in [-0.4, -0.2) is 43.6 Å². The Hall–Kier alpha value is -1.48. The molecular weight excluding hydrogens is 427 g/mol. The molecule has 0 bridgehead atoms. The average molecular weight is 449 g/mol. The van der Waals surface area contributed by atoms with Gasteiger partial charge in [0.05, 0.1) is 21.5 Å². The normalized spacial score (nSPS) is 21.8. The van der Waals surface area contributed by atoms with E-state index in [1.807, 2.05) is 6.08 Å². The van der Waals surface area contributed by atoms with Crippen LogP contribution in [0.25, 0.3) is 0 Å². The number of hydrogen-bond donors (Lipinski definition) is 3. The summed E-state index contributed by atoms with van der Waals surface area (Å²) in [5.74, 6) is -0.580. The molecule has 1 atom stereocenters. The third-order valence-corrected chi connectivity index (χ3v) is 8.73. The third-order valence-electron chi connectivity index (χ3n) is 5.23. The molecule has 1 aliphatic carbocycles. The Balaban J connectivity index is 1.88. The molecule has 0 radical (unpaired) electrons. The Morgan fingerprint density at radius 1 is 1.29 bits per heavy atom. The Bertz CT molecular complexity index is 911. The van der Waals surface area contributed by atoms with Crippen LogP contribution in [0.3, 0.4) is 0 Å². The van der Waals surface area contributed by atoms with Crippen LogP contribution in [0.5, 0.6) is 5.75 Å². The first-order valence-corrected chi connectivity index (χ1v) is 11.2. The van der Waals surface area contributed by atoms with Gasteiger partial charge in [-0.05, 0) is 44.7 Å². The maximum absolute atomic E-state index is 13.3. The number of ether oxygens (including phenoxy) is 1. The first-order valence-electron chi connectivity index (χ1n) is 8.92. The van der Waals surface area contributed by atoms with E-state index in [0.29, 0.717) is 24.7 Å². The summed E-state index contributed by atoms with van der Waals surface area (Å²) in [6.45, 7) is 2.23. The topological polar surface area (TPSA) is 105 Å². The monoisotopic (exact) mass is 448 g/mol. The lowest BCUT2D eigenvalue weighted by Crippen LogP contribution is -2.41. The zero-order valence-electron chi connectivity index (χ0n) is 15.3. The second-order valence-electron chi connectivity index (χ2n) is 7.16. The van der Waals surface area contributed by atoms with Gasteiger partial charge in [-0.25, -0.2) is 13.2 Å². The number of carbonyl (C=O) groups is 1. The summed E-state index contributed by atoms with van der Waals surface area (Å²) >= 11 is 12.2. The molecule has 1 fully saturated rings. The SMILES string of the molecule is CC1(S(=O)(=O)c2c(Cl)ccc(NC(=O)N[C@@H]3CCC=C3Cl)c2O)CCOCC1. The molecular formula is C18H22Cl2N2O5S. The number of benzene rings is 1. The molecule has 2 amide bonds. The first-order chi connectivity index (χ1) is 13.2. The molecule has 1 saturated heterocycles. The number of rotatable bonds is 4. The fourth-order valence-electron chi connectivity index (χ4n) is 3.35. The van der Waals surface area contributed by atoms with Crippen molar-refractivity contribution in [3.63, 3.8) is 0 Å². The number of nitrogens with one attached hydrogen (secondary N) is 2. The van der Waals surface area contributed by atoms with Gasteiger partial charge in [0.25, 0.3) is 0 Å². The van der Waals surface area contributed by atoms with E-state index in [1.165, 1.54) is 12.1 Å². The maximum Gasteiger partial charge on any atom is 0.319 e. The Kier molecular flexibility index (Phi) is 6.14. The molecule has 7 nitrogen and oxygen atoms in total. The minimum atomic E-state index is -3.98. The van der Waals surface area contributed by atoms with Gasteiger partial charge in [-0.15, -0.1) is 0 Å². The molecule has 28 heavy (non-hydrogen) atoms. The number of aromatic hydroxyl groups is 1. The van der Waals surface area contributed by atoms with E-state index >= 15 is 0 Å². The molecule has 1 aromatic rings. The van der Waals surface area contributed by atoms with Crippen molar-refractivity contribution in [1.82, 2.24) is 5.32 Å². The lowest BCUT2D eigenvalue weighted by atomic mass is 10.0. The second-order valence-corrected chi connectivity index (χ2v) is 10.4. The van der Waals surface area contributed by atoms with E-state index in [-0.39, 0.29) is 34.5 Å². The van der Waals surface area contributed by atoms with Crippen molar-refractivity contribution in [3.05, 3.63) is 28.3 Å². The van der Waals surface area contributed by atoms with Crippen LogP contribution in [0.4, 0.5) is 10.5 Å². The van der Waals surface area contributed by atoms with Gasteiger partial charge < -0.3 is 20.5 Å². The van der Waals surface area contributed by atoms with E-state index in [1.54, 1.807) is 6.92 Å². The minimum Gasteiger partial charge on any atom is -0.504 e. The fraction of sp³-hybridized carbons (Fsp3) is 0.500. The zero-order valence-corrected chi connectivity index (χ0v) is 17.6. The van der Waals surface area contributed by atoms with Gasteiger partial charge in [-0.2, -0.15) is 0 Å². The summed E-state index contributed by atoms with van der Waals surface area (Å²) in [7, 11) is -3.98. The molecule has 1 aromatic carbocycles. The Morgan fingerprint density at radius 3 is 2.57 bits per heavy atom. The summed E-state index contributed by atoms with van der Waals surface area (Å²) in [6.07, 6.45) is 3.84. The lowest BCUT2D eigenvalue weighted by Gasteiger charge is -2.33. The molecule has 1 heterocycles. The standard InChI is InChI=1S/C18H22Cl2N2O5S/c1-18(7-9-27-10-8-18)28(25,26)16-12(20)5-6-14(15(16)23)22-17(24)21-13-4-2-3-11(13)19/h3,5-6,13,23H,2,4,7-10H2,1H3,(H2,21,22,24)/t13-/m1/s1. The van der Waals surface area contributed by atoms with Crippen molar-refractivity contribution in [2.45, 2.75) is 48.3 Å². The van der Waals surface area contributed by atoms with Crippen molar-refractivity contribution < 1.29 is 23.1 Å². The highest BCUT2D eigenvalue weighted by atomic mass is 35.5. The summed E-state index contributed by atoms with van der Waals surface area (Å²) in [6, 6.07) is 1.79. The molecule has 0 spiro atoms. The van der Waals surface area contributed by atoms with E-state index in [9.17, 15) is 18.3 Å². The fourth-order valence-corrected chi connectivity index (χ4v) is 5.96. The van der Waals surface area contributed by atoms with Crippen LogP contribution in [0.15, 0.2) is 28.1 Å². The number of halogens is 2. The number of carbonyl (C=O) groups excluding carboxylic acids is 1. The largest absolute Gasteiger partial charge is 0.504 e. The number of hydrogen-bond acceptors (Lipinski definition) is 5. The Labute approximate surface area is 174 Å². The quantitative estimate of drug-likeness (QED) is 0.607. The molecule has 0 saturated carbocycles. The minimum absolute atomic E-state index is 0.0470. The van der Waals surface area contributed by atoms with Crippen molar-refractivity contribution in [2.24, 2.45) is 0 Å². The van der Waals surface area contributed by atoms with E-state index < -0.39 is 26.4 Å². The lowest BCUT2D eigenvalue weighted by molar-refractivity contribution is 0.0788. The number of urea groups is 1. The highest BCUT2D eigenvalue weighted by Crippen LogP contribution is 2.44. The van der Waals surface area contributed by atoms with Crippen LogP contribution in [0, 0.1) is 0 Å². The maximum atomic E-state index is 13.3. The number of allylic oxidation sites excluding steroid dienone is 1. The highest BCUT2D eigenvalue weighted by molar-refractivity contribution is 7.93. The zero-order chi connectivity index (χ0) is 20.5. The van der Waals surface area contributed by atoms with Crippen molar-refractivity contribution >= 4 is 44.8 Å². The number of phenols is 1. The van der Waals surface area contributed by atoms with Crippen LogP contribution >= 0.6 is 23.2 Å². The van der Waals surface area contributed by atoms with Crippen molar-refractivity contribution in [2.75, 3.05) is 18.5 Å². The number of anilines is 1. The van der Waals surface area contributed by atoms with Crippen LogP contribution in [0.2, 0.25) is 5.02 Å². The van der Waals surface area contributed by atoms with Gasteiger partial charge in [-0.1, -0.05) is 29.3 Å². The van der Waals surface area contributed by atoms with E-state index in [2.05, 4.69) is 10.6 Å². The third kappa shape index (κ3) is 3.96. The van der Waals surface area contributed by atoms with Gasteiger partial charge in [-0.3, -0.25) is 0 Å². The second kappa shape index (κ2) is 8.10. The molecule has 0 unspecified atom stereocenters. The summed E-state index contributed by atoms with van der Waals surface area (Å²) < 4.78 is 30.7. The van der Waals surface area contributed by atoms with Gasteiger partial charge in [0, 0.05) is 18.2 Å². The smallest absolute Gasteiger partial charge is 0.319 e. The van der Waals surface area contributed by atoms with Crippen LogP contribution in [0.1, 0.15) is 32.6 Å². The molecule has 1 aliphatic heterocycles. The Morgan fingerprint density at radius 2 is 1.96 bits per heavy atom. The predicted octanol–water partition coefficient (Wildman–Crippen LogP) is 3.80. The molecule has 2 aliphatic rings. The van der Waals surface area contributed by atoms with Crippen molar-refractivity contribution in [1.29, 1.82) is 0 Å². The molecule has 0 aromatic heterocycles. The molecule has 3 N–H and O–H groups in total. The van der Waals surface area contributed by atoms with Gasteiger partial charge in [0.15, 0.2) is 15.6 Å². The van der Waals surface area contributed by atoms with Gasteiger partial charge in [0.2, 0.25) is 0 Å². The number of phenolic OH excluding ortho intramolecular Hbond substituents is 1. The predicted molar refractivity (Wildman–Crippen MR) is 108 cm³/mol. The summed E-state index contributed by atoms with van der Waals surface area (Å²) in [5.41, 5.74) is -0.0470. The molecule has 10 heteroatoms. The van der Waals surface area contributed by atoms with E-state index in [4.69, 9.17) is 27.9 Å². The van der Waals surface area contributed by atoms with Gasteiger partial charge >= 0.3 is 6.03 Å². The summed E-state index contributed by atoms with van der Waals surface area (Å²) in [4.78, 5) is 11.9. The van der Waals surface area contributed by atoms with E-state index in [0.717, 1.165) is 6.42 Å². The number of amides is 2. The highest BCUT2D eigenvalue weighted by Gasteiger charge is 2.44. The average Bonchev–Trinajstić information content (AvgIpc) is 3.02. The van der Waals surface area contributed by atoms with Gasteiger partial charge in [0.1, 0.15) is 4.90 Å². The summed E-state index contributed by atoms with van der Waals surface area (Å²) in [5, 5.41) is 16.3. The number of sulfone groups is 1. The molecule has 3 rings (SSSR count). The molecule has 154 valence electrons.